The number of rotatable bonds is 6. The molecular formula is C18H25NOSi. The lowest BCUT2D eigenvalue weighted by Crippen LogP contribution is -2.54. The monoisotopic (exact) mass is 299 g/mol. The Balaban J connectivity index is 2.30. The van der Waals surface area contributed by atoms with Gasteiger partial charge in [0.25, 0.3) is 0 Å². The van der Waals surface area contributed by atoms with Crippen LogP contribution in [0.15, 0.2) is 48.5 Å². The first-order valence-corrected chi connectivity index (χ1v) is 10.6. The van der Waals surface area contributed by atoms with Gasteiger partial charge in [-0.3, -0.25) is 0 Å². The number of aliphatic hydroxyl groups is 1. The van der Waals surface area contributed by atoms with Crippen LogP contribution in [0.2, 0.25) is 13.1 Å². The molecule has 0 aromatic heterocycles. The highest BCUT2D eigenvalue weighted by Gasteiger charge is 2.27. The summed E-state index contributed by atoms with van der Waals surface area (Å²) >= 11 is 0. The summed E-state index contributed by atoms with van der Waals surface area (Å²) < 4.78 is 0. The Labute approximate surface area is 128 Å². The van der Waals surface area contributed by atoms with Crippen molar-refractivity contribution in [1.29, 1.82) is 0 Å². The summed E-state index contributed by atoms with van der Waals surface area (Å²) in [5.41, 5.74) is 7.97. The van der Waals surface area contributed by atoms with Gasteiger partial charge >= 0.3 is 0 Å². The lowest BCUT2D eigenvalue weighted by molar-refractivity contribution is 0.283. The third kappa shape index (κ3) is 3.62. The van der Waals surface area contributed by atoms with Crippen molar-refractivity contribution < 1.29 is 5.11 Å². The van der Waals surface area contributed by atoms with Crippen molar-refractivity contribution in [1.82, 2.24) is 0 Å². The average Bonchev–Trinajstić information content (AvgIpc) is 2.53. The first-order chi connectivity index (χ1) is 10.1. The van der Waals surface area contributed by atoms with Gasteiger partial charge in [0, 0.05) is 0 Å². The van der Waals surface area contributed by atoms with Gasteiger partial charge in [-0.1, -0.05) is 66.8 Å². The van der Waals surface area contributed by atoms with Crippen LogP contribution in [0.25, 0.3) is 0 Å². The molecule has 21 heavy (non-hydrogen) atoms. The van der Waals surface area contributed by atoms with E-state index in [-0.39, 0.29) is 6.61 Å². The molecule has 3 N–H and O–H groups in total. The van der Waals surface area contributed by atoms with Gasteiger partial charge in [0.15, 0.2) is 0 Å². The van der Waals surface area contributed by atoms with Crippen molar-refractivity contribution in [3.05, 3.63) is 59.7 Å². The number of hydrogen-bond acceptors (Lipinski definition) is 2. The van der Waals surface area contributed by atoms with Crippen LogP contribution in [0.5, 0.6) is 0 Å². The van der Waals surface area contributed by atoms with Gasteiger partial charge in [0.1, 0.15) is 8.07 Å². The lowest BCUT2D eigenvalue weighted by Gasteiger charge is -2.26. The van der Waals surface area contributed by atoms with E-state index in [1.165, 1.54) is 15.9 Å². The molecule has 0 unspecified atom stereocenters. The van der Waals surface area contributed by atoms with Crippen LogP contribution >= 0.6 is 0 Å². The molecule has 2 rings (SSSR count). The molecular weight excluding hydrogens is 274 g/mol. The molecule has 3 heteroatoms. The number of nitrogens with two attached hydrogens (primary N) is 1. The summed E-state index contributed by atoms with van der Waals surface area (Å²) in [6.07, 6.45) is 2.08. The van der Waals surface area contributed by atoms with Crippen molar-refractivity contribution in [2.45, 2.75) is 32.5 Å². The summed E-state index contributed by atoms with van der Waals surface area (Å²) in [6.45, 7) is 5.54. The van der Waals surface area contributed by atoms with E-state index in [1.54, 1.807) is 0 Å². The Hall–Kier alpha value is -1.42. The minimum absolute atomic E-state index is 0.112. The van der Waals surface area contributed by atoms with Gasteiger partial charge in [-0.05, 0) is 35.7 Å². The average molecular weight is 299 g/mol. The Bertz CT molecular complexity index is 578. The normalized spacial score (nSPS) is 11.6. The fourth-order valence-electron chi connectivity index (χ4n) is 2.82. The van der Waals surface area contributed by atoms with E-state index < -0.39 is 8.07 Å². The fourth-order valence-corrected chi connectivity index (χ4v) is 5.61. The molecule has 2 nitrogen and oxygen atoms in total. The van der Waals surface area contributed by atoms with Gasteiger partial charge in [0.2, 0.25) is 0 Å². The zero-order valence-corrected chi connectivity index (χ0v) is 14.0. The molecule has 0 aliphatic carbocycles. The molecule has 0 saturated heterocycles. The molecule has 0 radical (unpaired) electrons. The predicted molar refractivity (Wildman–Crippen MR) is 92.9 cm³/mol. The largest absolute Gasteiger partial charge is 0.392 e. The van der Waals surface area contributed by atoms with Crippen molar-refractivity contribution in [2.75, 3.05) is 6.54 Å². The minimum Gasteiger partial charge on any atom is -0.392 e. The van der Waals surface area contributed by atoms with Crippen molar-refractivity contribution in [3.8, 4) is 0 Å². The second-order valence-electron chi connectivity index (χ2n) is 6.03. The smallest absolute Gasteiger partial charge is 0.112 e. The van der Waals surface area contributed by atoms with E-state index in [9.17, 15) is 5.11 Å². The number of aliphatic hydroxyl groups excluding tert-OH is 1. The Morgan fingerprint density at radius 2 is 1.67 bits per heavy atom. The topological polar surface area (TPSA) is 46.2 Å². The van der Waals surface area contributed by atoms with Crippen LogP contribution in [-0.4, -0.2) is 19.7 Å². The molecule has 2 aromatic carbocycles. The van der Waals surface area contributed by atoms with Crippen LogP contribution in [0.1, 0.15) is 17.5 Å². The maximum Gasteiger partial charge on any atom is 0.112 e. The Kier molecular flexibility index (Phi) is 5.34. The van der Waals surface area contributed by atoms with Crippen LogP contribution in [0.3, 0.4) is 0 Å². The number of benzene rings is 2. The number of hydrogen-bond donors (Lipinski definition) is 2. The summed E-state index contributed by atoms with van der Waals surface area (Å²) in [5, 5.41) is 12.3. The molecule has 0 fully saturated rings. The molecule has 0 bridgehead atoms. The van der Waals surface area contributed by atoms with Gasteiger partial charge in [-0.2, -0.15) is 0 Å². The summed E-state index contributed by atoms with van der Waals surface area (Å²) in [6, 6.07) is 17.2. The van der Waals surface area contributed by atoms with Crippen LogP contribution < -0.4 is 16.1 Å². The SMILES string of the molecule is C[Si](C)(c1ccc(CCCN)cc1)c1ccccc1CO. The summed E-state index contributed by atoms with van der Waals surface area (Å²) in [4.78, 5) is 0. The van der Waals surface area contributed by atoms with E-state index in [0.717, 1.165) is 24.9 Å². The molecule has 0 amide bonds. The van der Waals surface area contributed by atoms with E-state index in [0.29, 0.717) is 0 Å². The first kappa shape index (κ1) is 16.0. The standard InChI is InChI=1S/C18H25NOSi/c1-21(2,18-8-4-3-7-16(18)14-20)17-11-9-15(10-12-17)6-5-13-19/h3-4,7-12,20H,5-6,13-14,19H2,1-2H3. The first-order valence-electron chi connectivity index (χ1n) is 7.58. The maximum absolute atomic E-state index is 9.58. The molecule has 0 atom stereocenters. The van der Waals surface area contributed by atoms with Crippen molar-refractivity contribution in [3.63, 3.8) is 0 Å². The van der Waals surface area contributed by atoms with Crippen molar-refractivity contribution in [2.24, 2.45) is 5.73 Å². The Morgan fingerprint density at radius 1 is 1.00 bits per heavy atom. The highest BCUT2D eigenvalue weighted by molar-refractivity contribution is 7.00. The highest BCUT2D eigenvalue weighted by atomic mass is 28.3. The third-order valence-electron chi connectivity index (χ3n) is 4.21. The van der Waals surface area contributed by atoms with E-state index in [4.69, 9.17) is 5.73 Å². The third-order valence-corrected chi connectivity index (χ3v) is 7.82. The molecule has 0 aliphatic rings. The van der Waals surface area contributed by atoms with Crippen molar-refractivity contribution >= 4 is 18.4 Å². The Morgan fingerprint density at radius 3 is 2.29 bits per heavy atom. The fraction of sp³-hybridized carbons (Fsp3) is 0.333. The highest BCUT2D eigenvalue weighted by Crippen LogP contribution is 2.10. The summed E-state index contributed by atoms with van der Waals surface area (Å²) in [7, 11) is -1.76. The summed E-state index contributed by atoms with van der Waals surface area (Å²) in [5.74, 6) is 0. The van der Waals surface area contributed by atoms with E-state index in [1.807, 2.05) is 12.1 Å². The zero-order valence-electron chi connectivity index (χ0n) is 13.0. The van der Waals surface area contributed by atoms with Gasteiger partial charge in [0.05, 0.1) is 6.61 Å². The molecule has 0 saturated carbocycles. The molecule has 0 spiro atoms. The van der Waals surface area contributed by atoms with Crippen LogP contribution in [-0.2, 0) is 13.0 Å². The van der Waals surface area contributed by atoms with Crippen LogP contribution in [0, 0.1) is 0 Å². The quantitative estimate of drug-likeness (QED) is 0.800. The molecule has 112 valence electrons. The molecule has 0 aliphatic heterocycles. The van der Waals surface area contributed by atoms with Crippen LogP contribution in [0.4, 0.5) is 0 Å². The number of aryl methyl sites for hydroxylation is 1. The molecule has 2 aromatic rings. The van der Waals surface area contributed by atoms with E-state index >= 15 is 0 Å². The van der Waals surface area contributed by atoms with Gasteiger partial charge in [-0.25, -0.2) is 0 Å². The second kappa shape index (κ2) is 7.03. The maximum atomic E-state index is 9.58. The zero-order chi connectivity index (χ0) is 15.3. The van der Waals surface area contributed by atoms with Gasteiger partial charge < -0.3 is 10.8 Å². The molecule has 0 heterocycles. The minimum atomic E-state index is -1.76. The van der Waals surface area contributed by atoms with E-state index in [2.05, 4.69) is 49.5 Å². The second-order valence-corrected chi connectivity index (χ2v) is 10.4. The lowest BCUT2D eigenvalue weighted by atomic mass is 10.1. The van der Waals surface area contributed by atoms with Gasteiger partial charge in [-0.15, -0.1) is 0 Å². The predicted octanol–water partition coefficient (Wildman–Crippen LogP) is 1.89.